The average molecular weight is 601 g/mol. The van der Waals surface area contributed by atoms with E-state index in [1.54, 1.807) is 30.3 Å². The molecule has 0 spiro atoms. The molecule has 0 heterocycles. The molecule has 0 aliphatic heterocycles. The van der Waals surface area contributed by atoms with Crippen LogP contribution < -0.4 is 9.62 Å². The molecular formula is C29H34BrN3O4S. The Morgan fingerprint density at radius 2 is 1.53 bits per heavy atom. The van der Waals surface area contributed by atoms with E-state index in [4.69, 9.17) is 0 Å². The quantitative estimate of drug-likeness (QED) is 0.325. The molecule has 0 radical (unpaired) electrons. The van der Waals surface area contributed by atoms with Crippen LogP contribution in [0.1, 0.15) is 31.4 Å². The number of sulfonamides is 1. The molecule has 0 fully saturated rings. The summed E-state index contributed by atoms with van der Waals surface area (Å²) in [4.78, 5) is 29.1. The Kier molecular flexibility index (Phi) is 10.5. The fourth-order valence-corrected chi connectivity index (χ4v) is 5.33. The lowest BCUT2D eigenvalue weighted by Crippen LogP contribution is -2.54. The van der Waals surface area contributed by atoms with Crippen LogP contribution in [0.5, 0.6) is 0 Å². The van der Waals surface area contributed by atoms with E-state index in [1.165, 1.54) is 4.90 Å². The third-order valence-electron chi connectivity index (χ3n) is 6.24. The number of carbonyl (C=O) groups excluding carboxylic acids is 2. The van der Waals surface area contributed by atoms with Crippen LogP contribution in [0.4, 0.5) is 5.69 Å². The summed E-state index contributed by atoms with van der Waals surface area (Å²) in [5, 5.41) is 3.02. The normalized spacial score (nSPS) is 12.8. The Balaban J connectivity index is 2.04. The molecular weight excluding hydrogens is 566 g/mol. The van der Waals surface area contributed by atoms with Gasteiger partial charge in [-0.3, -0.25) is 13.9 Å². The van der Waals surface area contributed by atoms with Crippen molar-refractivity contribution in [2.45, 2.75) is 45.3 Å². The van der Waals surface area contributed by atoms with Crippen LogP contribution in [0.25, 0.3) is 0 Å². The van der Waals surface area contributed by atoms with Gasteiger partial charge >= 0.3 is 0 Å². The monoisotopic (exact) mass is 599 g/mol. The second-order valence-corrected chi connectivity index (χ2v) is 12.1. The number of benzene rings is 3. The first kappa shape index (κ1) is 29.4. The van der Waals surface area contributed by atoms with Crippen LogP contribution in [0, 0.1) is 0 Å². The molecule has 9 heteroatoms. The Bertz CT molecular complexity index is 1320. The molecule has 3 aromatic carbocycles. The summed E-state index contributed by atoms with van der Waals surface area (Å²) >= 11 is 3.48. The summed E-state index contributed by atoms with van der Waals surface area (Å²) in [5.41, 5.74) is 2.09. The number of carbonyl (C=O) groups is 2. The molecule has 0 saturated carbocycles. The lowest BCUT2D eigenvalue weighted by atomic mass is 10.0. The van der Waals surface area contributed by atoms with Crippen molar-refractivity contribution in [3.63, 3.8) is 0 Å². The fraction of sp³-hybridized carbons (Fsp3) is 0.310. The minimum atomic E-state index is -3.78. The average Bonchev–Trinajstić information content (AvgIpc) is 2.89. The van der Waals surface area contributed by atoms with Gasteiger partial charge in [0.2, 0.25) is 21.8 Å². The van der Waals surface area contributed by atoms with Crippen molar-refractivity contribution < 1.29 is 18.0 Å². The lowest BCUT2D eigenvalue weighted by Gasteiger charge is -2.34. The highest BCUT2D eigenvalue weighted by Gasteiger charge is 2.33. The number of para-hydroxylation sites is 1. The van der Waals surface area contributed by atoms with Crippen molar-refractivity contribution >= 4 is 43.5 Å². The summed E-state index contributed by atoms with van der Waals surface area (Å²) in [6.45, 7) is 3.60. The van der Waals surface area contributed by atoms with Crippen LogP contribution in [0.15, 0.2) is 89.4 Å². The maximum atomic E-state index is 14.0. The molecule has 2 amide bonds. The zero-order chi connectivity index (χ0) is 27.7. The Labute approximate surface area is 234 Å². The first-order valence-electron chi connectivity index (χ1n) is 12.5. The van der Waals surface area contributed by atoms with Crippen LogP contribution in [0.3, 0.4) is 0 Å². The molecule has 0 aromatic heterocycles. The van der Waals surface area contributed by atoms with E-state index in [9.17, 15) is 18.0 Å². The summed E-state index contributed by atoms with van der Waals surface area (Å²) in [5.74, 6) is -0.753. The molecule has 3 aromatic rings. The Hall–Kier alpha value is -3.17. The van der Waals surface area contributed by atoms with Gasteiger partial charge in [0.05, 0.1) is 11.9 Å². The number of halogens is 1. The van der Waals surface area contributed by atoms with Gasteiger partial charge in [0.15, 0.2) is 0 Å². The highest BCUT2D eigenvalue weighted by Crippen LogP contribution is 2.21. The van der Waals surface area contributed by atoms with E-state index in [-0.39, 0.29) is 24.9 Å². The second kappa shape index (κ2) is 13.6. The molecule has 0 aliphatic rings. The summed E-state index contributed by atoms with van der Waals surface area (Å²) in [6, 6.07) is 24.6. The lowest BCUT2D eigenvalue weighted by molar-refractivity contribution is -0.140. The van der Waals surface area contributed by atoms with Crippen molar-refractivity contribution in [1.82, 2.24) is 10.2 Å². The summed E-state index contributed by atoms with van der Waals surface area (Å²) in [7, 11) is -3.78. The van der Waals surface area contributed by atoms with Gasteiger partial charge in [-0.15, -0.1) is 0 Å². The minimum Gasteiger partial charge on any atom is -0.352 e. The molecule has 1 N–H and O–H groups in total. The van der Waals surface area contributed by atoms with Gasteiger partial charge in [-0.1, -0.05) is 83.5 Å². The smallest absolute Gasteiger partial charge is 0.244 e. The van der Waals surface area contributed by atoms with Crippen molar-refractivity contribution in [2.75, 3.05) is 17.1 Å². The summed E-state index contributed by atoms with van der Waals surface area (Å²) < 4.78 is 27.4. The van der Waals surface area contributed by atoms with Crippen LogP contribution in [0.2, 0.25) is 0 Å². The SMILES string of the molecule is CC[C@@H](C)NC(=O)[C@H](Cc1ccccc1)N(Cc1cccc(Br)c1)C(=O)CN(c1ccccc1)S(C)(=O)=O. The standard InChI is InChI=1S/C29H34BrN3O4S/c1-4-22(2)31-29(35)27(19-23-12-7-5-8-13-23)32(20-24-14-11-15-25(30)18-24)28(34)21-33(38(3,36)37)26-16-9-6-10-17-26/h5-18,22,27H,4,19-21H2,1-3H3,(H,31,35)/t22-,27+/m1/s1. The van der Waals surface area contributed by atoms with Gasteiger partial charge in [-0.05, 0) is 48.7 Å². The number of hydrogen-bond acceptors (Lipinski definition) is 4. The zero-order valence-corrected chi connectivity index (χ0v) is 24.3. The van der Waals surface area contributed by atoms with Gasteiger partial charge in [0.1, 0.15) is 12.6 Å². The number of amides is 2. The van der Waals surface area contributed by atoms with Gasteiger partial charge < -0.3 is 10.2 Å². The van der Waals surface area contributed by atoms with Gasteiger partial charge in [-0.2, -0.15) is 0 Å². The van der Waals surface area contributed by atoms with E-state index >= 15 is 0 Å². The summed E-state index contributed by atoms with van der Waals surface area (Å²) in [6.07, 6.45) is 2.09. The topological polar surface area (TPSA) is 86.8 Å². The van der Waals surface area contributed by atoms with E-state index in [2.05, 4.69) is 21.2 Å². The molecule has 3 rings (SSSR count). The number of rotatable bonds is 12. The molecule has 202 valence electrons. The van der Waals surface area contributed by atoms with Crippen LogP contribution in [-0.2, 0) is 32.6 Å². The third-order valence-corrected chi connectivity index (χ3v) is 7.87. The van der Waals surface area contributed by atoms with Crippen molar-refractivity contribution in [3.8, 4) is 0 Å². The first-order valence-corrected chi connectivity index (χ1v) is 15.1. The molecule has 38 heavy (non-hydrogen) atoms. The third kappa shape index (κ3) is 8.43. The maximum Gasteiger partial charge on any atom is 0.244 e. The molecule has 2 atom stereocenters. The van der Waals surface area contributed by atoms with Gasteiger partial charge in [0, 0.05) is 23.5 Å². The molecule has 0 unspecified atom stereocenters. The van der Waals surface area contributed by atoms with Gasteiger partial charge in [-0.25, -0.2) is 8.42 Å². The van der Waals surface area contributed by atoms with E-state index in [1.807, 2.05) is 68.4 Å². The highest BCUT2D eigenvalue weighted by atomic mass is 79.9. The van der Waals surface area contributed by atoms with E-state index in [0.29, 0.717) is 5.69 Å². The Morgan fingerprint density at radius 1 is 0.921 bits per heavy atom. The number of nitrogens with zero attached hydrogens (tertiary/aromatic N) is 2. The van der Waals surface area contributed by atoms with E-state index < -0.39 is 28.5 Å². The van der Waals surface area contributed by atoms with Crippen molar-refractivity contribution in [2.24, 2.45) is 0 Å². The van der Waals surface area contributed by atoms with Crippen molar-refractivity contribution in [3.05, 3.63) is 101 Å². The second-order valence-electron chi connectivity index (χ2n) is 9.28. The van der Waals surface area contributed by atoms with Gasteiger partial charge in [0.25, 0.3) is 0 Å². The molecule has 0 aliphatic carbocycles. The molecule has 0 bridgehead atoms. The zero-order valence-electron chi connectivity index (χ0n) is 21.9. The predicted molar refractivity (Wildman–Crippen MR) is 155 cm³/mol. The number of hydrogen-bond donors (Lipinski definition) is 1. The maximum absolute atomic E-state index is 14.0. The Morgan fingerprint density at radius 3 is 2.11 bits per heavy atom. The predicted octanol–water partition coefficient (Wildman–Crippen LogP) is 4.77. The van der Waals surface area contributed by atoms with E-state index in [0.717, 1.165) is 32.6 Å². The molecule has 0 saturated heterocycles. The fourth-order valence-electron chi connectivity index (χ4n) is 4.04. The number of nitrogens with one attached hydrogen (secondary N) is 1. The minimum absolute atomic E-state index is 0.0829. The van der Waals surface area contributed by atoms with Crippen LogP contribution in [-0.4, -0.2) is 50.0 Å². The molecule has 7 nitrogen and oxygen atoms in total. The highest BCUT2D eigenvalue weighted by molar-refractivity contribution is 9.10. The first-order chi connectivity index (χ1) is 18.1. The largest absolute Gasteiger partial charge is 0.352 e. The van der Waals surface area contributed by atoms with Crippen molar-refractivity contribution in [1.29, 1.82) is 0 Å². The number of anilines is 1. The van der Waals surface area contributed by atoms with Crippen LogP contribution >= 0.6 is 15.9 Å².